The molecule has 0 aliphatic rings. The molecule has 7 nitrogen and oxygen atoms in total. The molecule has 0 aromatic carbocycles. The van der Waals surface area contributed by atoms with Crippen molar-refractivity contribution in [1.82, 2.24) is 20.4 Å². The van der Waals surface area contributed by atoms with Crippen molar-refractivity contribution in [2.45, 2.75) is 20.4 Å². The Bertz CT molecular complexity index is 877. The number of thiazole rings is 1. The molecule has 3 N–H and O–H groups in total. The lowest BCUT2D eigenvalue weighted by atomic mass is 10.4. The monoisotopic (exact) mass is 344 g/mol. The fourth-order valence-electron chi connectivity index (χ4n) is 2.08. The van der Waals surface area contributed by atoms with Crippen LogP contribution in [0.3, 0.4) is 0 Å². The molecule has 0 saturated heterocycles. The van der Waals surface area contributed by atoms with E-state index in [1.165, 1.54) is 18.3 Å². The first kappa shape index (κ1) is 17.6. The maximum absolute atomic E-state index is 10.9. The van der Waals surface area contributed by atoms with E-state index in [1.807, 2.05) is 31.3 Å². The highest BCUT2D eigenvalue weighted by Gasteiger charge is 2.08. The van der Waals surface area contributed by atoms with E-state index in [0.29, 0.717) is 12.2 Å². The van der Waals surface area contributed by atoms with Gasteiger partial charge in [0.2, 0.25) is 5.91 Å². The second-order valence-corrected chi connectivity index (χ2v) is 5.90. The van der Waals surface area contributed by atoms with Gasteiger partial charge in [-0.25, -0.2) is 4.98 Å². The molecule has 1 amide bonds. The summed E-state index contributed by atoms with van der Waals surface area (Å²) in [7, 11) is 1.74. The van der Waals surface area contributed by atoms with Crippen LogP contribution < -0.4 is 21.4 Å². The number of amides is 1. The van der Waals surface area contributed by atoms with Crippen LogP contribution >= 0.6 is 11.3 Å². The van der Waals surface area contributed by atoms with Crippen LogP contribution in [-0.4, -0.2) is 34.6 Å². The fourth-order valence-corrected chi connectivity index (χ4v) is 2.86. The highest BCUT2D eigenvalue weighted by molar-refractivity contribution is 7.09. The summed E-state index contributed by atoms with van der Waals surface area (Å²) in [6.07, 6.45) is 7.78. The summed E-state index contributed by atoms with van der Waals surface area (Å²) in [5, 5.41) is 12.7. The first-order chi connectivity index (χ1) is 11.5. The summed E-state index contributed by atoms with van der Waals surface area (Å²) in [4.78, 5) is 19.3. The zero-order chi connectivity index (χ0) is 17.5. The average molecular weight is 344 g/mol. The summed E-state index contributed by atoms with van der Waals surface area (Å²) < 4.78 is 2.09. The van der Waals surface area contributed by atoms with Crippen molar-refractivity contribution in [2.75, 3.05) is 7.05 Å². The molecule has 0 saturated carbocycles. The number of hydrogen-bond acceptors (Lipinski definition) is 5. The normalized spacial score (nSPS) is 12.8. The Hall–Kier alpha value is -2.74. The second kappa shape index (κ2) is 8.21. The van der Waals surface area contributed by atoms with Gasteiger partial charge in [0.1, 0.15) is 10.7 Å². The maximum Gasteiger partial charge on any atom is 0.235 e. The van der Waals surface area contributed by atoms with E-state index >= 15 is 0 Å². The van der Waals surface area contributed by atoms with Gasteiger partial charge in [-0.1, -0.05) is 6.08 Å². The first-order valence-electron chi connectivity index (χ1n) is 7.35. The number of carbonyl (C=O) groups is 1. The molecule has 0 aliphatic heterocycles. The minimum atomic E-state index is -0.261. The van der Waals surface area contributed by atoms with Gasteiger partial charge >= 0.3 is 0 Å². The number of amidine groups is 1. The predicted molar refractivity (Wildman–Crippen MR) is 97.7 cm³/mol. The van der Waals surface area contributed by atoms with E-state index in [-0.39, 0.29) is 11.7 Å². The van der Waals surface area contributed by atoms with Crippen molar-refractivity contribution in [3.8, 4) is 0 Å². The summed E-state index contributed by atoms with van der Waals surface area (Å²) in [6.45, 7) is 3.98. The Morgan fingerprint density at radius 1 is 1.50 bits per heavy atom. The summed E-state index contributed by atoms with van der Waals surface area (Å²) >= 11 is 1.47. The van der Waals surface area contributed by atoms with Crippen molar-refractivity contribution in [3.05, 3.63) is 38.9 Å². The van der Waals surface area contributed by atoms with Gasteiger partial charge < -0.3 is 4.57 Å². The molecule has 0 atom stereocenters. The number of hydrazine groups is 1. The van der Waals surface area contributed by atoms with Crippen LogP contribution in [-0.2, 0) is 11.3 Å². The third-order valence-electron chi connectivity index (χ3n) is 3.21. The molecule has 0 unspecified atom stereocenters. The number of rotatable bonds is 4. The maximum atomic E-state index is 10.9. The smallest absolute Gasteiger partial charge is 0.235 e. The molecule has 8 heteroatoms. The van der Waals surface area contributed by atoms with E-state index in [2.05, 4.69) is 25.4 Å². The molecule has 0 spiro atoms. The Kier molecular flexibility index (Phi) is 6.02. The lowest BCUT2D eigenvalue weighted by Gasteiger charge is -2.04. The van der Waals surface area contributed by atoms with Gasteiger partial charge in [0.15, 0.2) is 5.84 Å². The zero-order valence-corrected chi connectivity index (χ0v) is 14.6. The summed E-state index contributed by atoms with van der Waals surface area (Å²) in [6, 6.07) is 2.05. The molecule has 126 valence electrons. The Morgan fingerprint density at radius 2 is 2.29 bits per heavy atom. The molecule has 0 aliphatic carbocycles. The third kappa shape index (κ3) is 4.39. The second-order valence-electron chi connectivity index (χ2n) is 4.95. The molecule has 0 bridgehead atoms. The van der Waals surface area contributed by atoms with Gasteiger partial charge in [-0.2, -0.15) is 0 Å². The van der Waals surface area contributed by atoms with Gasteiger partial charge in [0, 0.05) is 37.1 Å². The lowest BCUT2D eigenvalue weighted by molar-refractivity contribution is -0.119. The van der Waals surface area contributed by atoms with Crippen LogP contribution in [0.15, 0.2) is 22.6 Å². The largest absolute Gasteiger partial charge is 0.341 e. The van der Waals surface area contributed by atoms with E-state index in [4.69, 9.17) is 5.41 Å². The summed E-state index contributed by atoms with van der Waals surface area (Å²) in [5.74, 6) is -0.198. The molecule has 2 rings (SSSR count). The Balaban J connectivity index is 2.20. The van der Waals surface area contributed by atoms with E-state index in [9.17, 15) is 4.79 Å². The standard InChI is InChI=1S/C16H20N6OS/c1-4-12-6-8-22(14(12)5-7-18-3)9-15-19-13(10-24-15)16(17)21-20-11(2)23/h4-8,10H,9H2,1-3H3,(H2,17,21)(H,20,23)/b12-4-,14-5+,18-7+. The highest BCUT2D eigenvalue weighted by atomic mass is 32.1. The minimum absolute atomic E-state index is 0.0627. The number of hydrogen-bond donors (Lipinski definition) is 3. The average Bonchev–Trinajstić information content (AvgIpc) is 3.18. The number of aliphatic imine (C=N–C) groups is 1. The highest BCUT2D eigenvalue weighted by Crippen LogP contribution is 2.10. The van der Waals surface area contributed by atoms with Crippen LogP contribution in [0.25, 0.3) is 12.2 Å². The molecule has 2 heterocycles. The lowest BCUT2D eigenvalue weighted by Crippen LogP contribution is -2.40. The molecular formula is C16H20N6OS. The third-order valence-corrected chi connectivity index (χ3v) is 4.04. The van der Waals surface area contributed by atoms with Crippen molar-refractivity contribution in [3.63, 3.8) is 0 Å². The van der Waals surface area contributed by atoms with Gasteiger partial charge in [0.05, 0.1) is 6.54 Å². The van der Waals surface area contributed by atoms with E-state index < -0.39 is 0 Å². The van der Waals surface area contributed by atoms with Crippen molar-refractivity contribution in [1.29, 1.82) is 5.41 Å². The first-order valence-corrected chi connectivity index (χ1v) is 8.23. The molecule has 0 fully saturated rings. The number of nitrogens with zero attached hydrogens (tertiary/aromatic N) is 3. The van der Waals surface area contributed by atoms with Gasteiger partial charge in [-0.3, -0.25) is 26.0 Å². The predicted octanol–water partition coefficient (Wildman–Crippen LogP) is 0.240. The summed E-state index contributed by atoms with van der Waals surface area (Å²) in [5.41, 5.74) is 5.39. The van der Waals surface area contributed by atoms with Crippen molar-refractivity contribution < 1.29 is 4.79 Å². The SMILES string of the molecule is C/C=c1/ccn(Cc2nc(C(=N)NNC(C)=O)cs2)/c1=C/C=N/C. The van der Waals surface area contributed by atoms with Gasteiger partial charge in [-0.15, -0.1) is 11.3 Å². The number of aromatic nitrogens is 2. The van der Waals surface area contributed by atoms with Crippen LogP contribution in [0.2, 0.25) is 0 Å². The minimum Gasteiger partial charge on any atom is -0.341 e. The molecule has 0 radical (unpaired) electrons. The number of nitrogens with one attached hydrogen (secondary N) is 3. The van der Waals surface area contributed by atoms with E-state index in [1.54, 1.807) is 18.6 Å². The van der Waals surface area contributed by atoms with Crippen molar-refractivity contribution in [2.24, 2.45) is 4.99 Å². The van der Waals surface area contributed by atoms with E-state index in [0.717, 1.165) is 15.6 Å². The Morgan fingerprint density at radius 3 is 2.96 bits per heavy atom. The fraction of sp³-hybridized carbons (Fsp3) is 0.250. The van der Waals surface area contributed by atoms with Crippen LogP contribution in [0.4, 0.5) is 0 Å². The van der Waals surface area contributed by atoms with Gasteiger partial charge in [-0.05, 0) is 24.3 Å². The van der Waals surface area contributed by atoms with Crippen LogP contribution in [0.1, 0.15) is 24.5 Å². The molecule has 2 aromatic heterocycles. The Labute approximate surface area is 143 Å². The van der Waals surface area contributed by atoms with Crippen LogP contribution in [0, 0.1) is 5.41 Å². The number of carbonyl (C=O) groups excluding carboxylic acids is 1. The van der Waals surface area contributed by atoms with Crippen molar-refractivity contribution >= 4 is 41.4 Å². The quantitative estimate of drug-likeness (QED) is 0.421. The zero-order valence-electron chi connectivity index (χ0n) is 13.8. The van der Waals surface area contributed by atoms with Crippen LogP contribution in [0.5, 0.6) is 0 Å². The topological polar surface area (TPSA) is 95.2 Å². The molecule has 24 heavy (non-hydrogen) atoms. The van der Waals surface area contributed by atoms with Gasteiger partial charge in [0.25, 0.3) is 0 Å². The molecular weight excluding hydrogens is 324 g/mol. The molecule has 2 aromatic rings.